The quantitative estimate of drug-likeness (QED) is 0.453. The van der Waals surface area contributed by atoms with Gasteiger partial charge in [0, 0.05) is 6.54 Å². The van der Waals surface area contributed by atoms with Crippen molar-refractivity contribution in [2.24, 2.45) is 5.73 Å². The Morgan fingerprint density at radius 3 is 2.78 bits per heavy atom. The second kappa shape index (κ2) is 6.60. The summed E-state index contributed by atoms with van der Waals surface area (Å²) in [5, 5.41) is 9.10. The van der Waals surface area contributed by atoms with Crippen LogP contribution in [0.25, 0.3) is 0 Å². The standard InChI is InChI=1S/C10H17N5O3/c1-2-6-8(12)9(15-14-6)10(17)13-3-4-18-5-7(11)16/h2-5,12H2,1H3,(H2,11,16)(H,13,17)(H,14,15). The lowest BCUT2D eigenvalue weighted by Crippen LogP contribution is -2.29. The fourth-order valence-electron chi connectivity index (χ4n) is 1.32. The summed E-state index contributed by atoms with van der Waals surface area (Å²) in [7, 11) is 0. The zero-order chi connectivity index (χ0) is 13.5. The summed E-state index contributed by atoms with van der Waals surface area (Å²) in [4.78, 5) is 22.0. The molecule has 1 aromatic rings. The first-order valence-electron chi connectivity index (χ1n) is 5.53. The molecule has 0 saturated heterocycles. The third kappa shape index (κ3) is 3.74. The van der Waals surface area contributed by atoms with E-state index in [1.165, 1.54) is 0 Å². The number of H-pyrrole nitrogens is 1. The number of carbonyl (C=O) groups is 2. The first-order chi connectivity index (χ1) is 8.56. The van der Waals surface area contributed by atoms with Gasteiger partial charge in [0.15, 0.2) is 5.69 Å². The van der Waals surface area contributed by atoms with Gasteiger partial charge in [-0.05, 0) is 6.42 Å². The maximum absolute atomic E-state index is 11.7. The smallest absolute Gasteiger partial charge is 0.274 e. The molecule has 0 aromatic carbocycles. The number of aromatic nitrogens is 2. The van der Waals surface area contributed by atoms with E-state index >= 15 is 0 Å². The molecule has 0 aliphatic rings. The summed E-state index contributed by atoms with van der Waals surface area (Å²) in [6, 6.07) is 0. The molecule has 0 aliphatic heterocycles. The van der Waals surface area contributed by atoms with E-state index in [-0.39, 0.29) is 31.4 Å². The van der Waals surface area contributed by atoms with Crippen molar-refractivity contribution in [1.82, 2.24) is 15.5 Å². The van der Waals surface area contributed by atoms with Gasteiger partial charge in [0.1, 0.15) is 6.61 Å². The number of amides is 2. The van der Waals surface area contributed by atoms with Gasteiger partial charge in [0.05, 0.1) is 18.0 Å². The van der Waals surface area contributed by atoms with Gasteiger partial charge < -0.3 is 21.5 Å². The van der Waals surface area contributed by atoms with Crippen molar-refractivity contribution in [2.75, 3.05) is 25.5 Å². The topological polar surface area (TPSA) is 136 Å². The van der Waals surface area contributed by atoms with Crippen LogP contribution in [0.3, 0.4) is 0 Å². The highest BCUT2D eigenvalue weighted by molar-refractivity contribution is 5.97. The fraction of sp³-hybridized carbons (Fsp3) is 0.500. The molecule has 0 aliphatic carbocycles. The average molecular weight is 255 g/mol. The Labute approximate surface area is 104 Å². The van der Waals surface area contributed by atoms with Crippen molar-refractivity contribution in [3.63, 3.8) is 0 Å². The monoisotopic (exact) mass is 255 g/mol. The van der Waals surface area contributed by atoms with Crippen molar-refractivity contribution in [3.05, 3.63) is 11.4 Å². The second-order valence-electron chi connectivity index (χ2n) is 3.59. The molecule has 100 valence electrons. The van der Waals surface area contributed by atoms with Crippen molar-refractivity contribution in [3.8, 4) is 0 Å². The Morgan fingerprint density at radius 1 is 1.50 bits per heavy atom. The maximum atomic E-state index is 11.7. The molecule has 0 atom stereocenters. The molecule has 0 saturated carbocycles. The Morgan fingerprint density at radius 2 is 2.22 bits per heavy atom. The van der Waals surface area contributed by atoms with Crippen LogP contribution in [0.4, 0.5) is 5.69 Å². The zero-order valence-corrected chi connectivity index (χ0v) is 10.2. The van der Waals surface area contributed by atoms with Crippen LogP contribution in [0.15, 0.2) is 0 Å². The number of nitrogens with one attached hydrogen (secondary N) is 2. The lowest BCUT2D eigenvalue weighted by Gasteiger charge is -2.04. The molecule has 0 bridgehead atoms. The number of anilines is 1. The molecule has 0 unspecified atom stereocenters. The number of nitrogens with two attached hydrogens (primary N) is 2. The molecule has 0 spiro atoms. The molecule has 6 N–H and O–H groups in total. The number of carbonyl (C=O) groups excluding carboxylic acids is 2. The summed E-state index contributed by atoms with van der Waals surface area (Å²) in [5.41, 5.74) is 11.9. The van der Waals surface area contributed by atoms with Gasteiger partial charge in [-0.1, -0.05) is 6.92 Å². The first kappa shape index (κ1) is 14.0. The SMILES string of the molecule is CCc1[nH]nc(C(=O)NCCOCC(N)=O)c1N. The van der Waals surface area contributed by atoms with E-state index < -0.39 is 5.91 Å². The van der Waals surface area contributed by atoms with E-state index in [0.717, 1.165) is 5.69 Å². The third-order valence-electron chi connectivity index (χ3n) is 2.23. The number of aromatic amines is 1. The second-order valence-corrected chi connectivity index (χ2v) is 3.59. The van der Waals surface area contributed by atoms with Gasteiger partial charge in [-0.25, -0.2) is 0 Å². The van der Waals surface area contributed by atoms with Gasteiger partial charge in [-0.2, -0.15) is 5.10 Å². The molecule has 0 radical (unpaired) electrons. The number of nitrogen functional groups attached to an aromatic ring is 1. The van der Waals surface area contributed by atoms with Crippen molar-refractivity contribution >= 4 is 17.5 Å². The average Bonchev–Trinajstić information content (AvgIpc) is 2.69. The minimum atomic E-state index is -0.551. The van der Waals surface area contributed by atoms with Crippen LogP contribution in [-0.2, 0) is 16.0 Å². The van der Waals surface area contributed by atoms with E-state index in [2.05, 4.69) is 15.5 Å². The van der Waals surface area contributed by atoms with Crippen LogP contribution >= 0.6 is 0 Å². The van der Waals surface area contributed by atoms with Crippen LogP contribution in [0, 0.1) is 0 Å². The lowest BCUT2D eigenvalue weighted by molar-refractivity contribution is -0.122. The number of hydrogen-bond donors (Lipinski definition) is 4. The summed E-state index contributed by atoms with van der Waals surface area (Å²) in [6.45, 7) is 2.18. The molecular formula is C10H17N5O3. The molecular weight excluding hydrogens is 238 g/mol. The number of primary amides is 1. The number of aryl methyl sites for hydroxylation is 1. The summed E-state index contributed by atoms with van der Waals surface area (Å²) in [6.07, 6.45) is 0.674. The largest absolute Gasteiger partial charge is 0.395 e. The maximum Gasteiger partial charge on any atom is 0.274 e. The minimum absolute atomic E-state index is 0.166. The van der Waals surface area contributed by atoms with Gasteiger partial charge in [0.2, 0.25) is 5.91 Å². The van der Waals surface area contributed by atoms with E-state index in [1.807, 2.05) is 6.92 Å². The van der Waals surface area contributed by atoms with Gasteiger partial charge in [-0.15, -0.1) is 0 Å². The van der Waals surface area contributed by atoms with Crippen LogP contribution in [0.5, 0.6) is 0 Å². The van der Waals surface area contributed by atoms with Crippen molar-refractivity contribution < 1.29 is 14.3 Å². The van der Waals surface area contributed by atoms with E-state index in [1.54, 1.807) is 0 Å². The Bertz CT molecular complexity index is 429. The van der Waals surface area contributed by atoms with Gasteiger partial charge >= 0.3 is 0 Å². The molecule has 8 heteroatoms. The molecule has 1 rings (SSSR count). The highest BCUT2D eigenvalue weighted by Gasteiger charge is 2.15. The van der Waals surface area contributed by atoms with Gasteiger partial charge in [0.25, 0.3) is 5.91 Å². The molecule has 1 aromatic heterocycles. The Hall–Kier alpha value is -2.09. The highest BCUT2D eigenvalue weighted by atomic mass is 16.5. The van der Waals surface area contributed by atoms with Crippen molar-refractivity contribution in [1.29, 1.82) is 0 Å². The first-order valence-corrected chi connectivity index (χ1v) is 5.53. The van der Waals surface area contributed by atoms with Gasteiger partial charge in [-0.3, -0.25) is 14.7 Å². The molecule has 18 heavy (non-hydrogen) atoms. The van der Waals surface area contributed by atoms with Crippen LogP contribution < -0.4 is 16.8 Å². The van der Waals surface area contributed by atoms with E-state index in [9.17, 15) is 9.59 Å². The number of hydrogen-bond acceptors (Lipinski definition) is 5. The number of ether oxygens (including phenoxy) is 1. The predicted octanol–water partition coefficient (Wildman–Crippen LogP) is -1.21. The third-order valence-corrected chi connectivity index (χ3v) is 2.23. The summed E-state index contributed by atoms with van der Waals surface area (Å²) in [5.74, 6) is -0.934. The van der Waals surface area contributed by atoms with Crippen LogP contribution in [-0.4, -0.2) is 41.8 Å². The van der Waals surface area contributed by atoms with E-state index in [4.69, 9.17) is 16.2 Å². The lowest BCUT2D eigenvalue weighted by atomic mass is 10.2. The normalized spacial score (nSPS) is 10.3. The highest BCUT2D eigenvalue weighted by Crippen LogP contribution is 2.13. The zero-order valence-electron chi connectivity index (χ0n) is 10.2. The number of rotatable bonds is 7. The molecule has 1 heterocycles. The van der Waals surface area contributed by atoms with Crippen LogP contribution in [0.2, 0.25) is 0 Å². The molecule has 2 amide bonds. The number of nitrogens with zero attached hydrogens (tertiary/aromatic N) is 1. The molecule has 0 fully saturated rings. The Kier molecular flexibility index (Phi) is 5.12. The summed E-state index contributed by atoms with van der Waals surface area (Å²) < 4.78 is 4.89. The minimum Gasteiger partial charge on any atom is -0.395 e. The van der Waals surface area contributed by atoms with Crippen LogP contribution in [0.1, 0.15) is 23.1 Å². The van der Waals surface area contributed by atoms with Crippen molar-refractivity contribution in [2.45, 2.75) is 13.3 Å². The summed E-state index contributed by atoms with van der Waals surface area (Å²) >= 11 is 0. The predicted molar refractivity (Wildman–Crippen MR) is 64.7 cm³/mol. The Balaban J connectivity index is 2.36. The fourth-order valence-corrected chi connectivity index (χ4v) is 1.32. The van der Waals surface area contributed by atoms with E-state index in [0.29, 0.717) is 12.1 Å². The molecule has 8 nitrogen and oxygen atoms in total.